The van der Waals surface area contributed by atoms with Crippen LogP contribution in [0.1, 0.15) is 57.1 Å². The summed E-state index contributed by atoms with van der Waals surface area (Å²) in [6.07, 6.45) is 6.72. The van der Waals surface area contributed by atoms with Gasteiger partial charge in [-0.25, -0.2) is 8.42 Å². The van der Waals surface area contributed by atoms with E-state index in [4.69, 9.17) is 23.2 Å². The molecule has 2 aromatic rings. The molecule has 37 heavy (non-hydrogen) atoms. The molecule has 0 radical (unpaired) electrons. The van der Waals surface area contributed by atoms with Gasteiger partial charge >= 0.3 is 0 Å². The summed E-state index contributed by atoms with van der Waals surface area (Å²) in [6.45, 7) is 3.07. The fraction of sp³-hybridized carbons (Fsp3) is 0.481. The number of sulfonamides is 1. The number of hydrogen-bond acceptors (Lipinski definition) is 4. The van der Waals surface area contributed by atoms with Gasteiger partial charge in [-0.05, 0) is 49.9 Å². The first kappa shape index (κ1) is 29.3. The van der Waals surface area contributed by atoms with Crippen LogP contribution in [0.5, 0.6) is 0 Å². The molecule has 1 aliphatic carbocycles. The highest BCUT2D eigenvalue weighted by Crippen LogP contribution is 2.28. The molecular weight excluding hydrogens is 533 g/mol. The van der Waals surface area contributed by atoms with E-state index in [2.05, 4.69) is 5.32 Å². The Kier molecular flexibility index (Phi) is 10.3. The molecule has 1 fully saturated rings. The van der Waals surface area contributed by atoms with Gasteiger partial charge in [0.1, 0.15) is 12.6 Å². The number of carbonyl (C=O) groups excluding carboxylic acids is 2. The zero-order chi connectivity index (χ0) is 27.2. The molecule has 10 heteroatoms. The van der Waals surface area contributed by atoms with Crippen molar-refractivity contribution in [1.29, 1.82) is 0 Å². The van der Waals surface area contributed by atoms with Crippen molar-refractivity contribution >= 4 is 50.7 Å². The number of anilines is 1. The summed E-state index contributed by atoms with van der Waals surface area (Å²) >= 11 is 12.8. The van der Waals surface area contributed by atoms with E-state index in [-0.39, 0.29) is 18.5 Å². The molecule has 0 unspecified atom stereocenters. The third-order valence-electron chi connectivity index (χ3n) is 6.83. The van der Waals surface area contributed by atoms with Crippen LogP contribution in [0.4, 0.5) is 5.69 Å². The van der Waals surface area contributed by atoms with Crippen LogP contribution < -0.4 is 9.62 Å². The minimum Gasteiger partial charge on any atom is -0.352 e. The summed E-state index contributed by atoms with van der Waals surface area (Å²) in [5.74, 6) is -0.818. The van der Waals surface area contributed by atoms with E-state index in [0.717, 1.165) is 48.2 Å². The van der Waals surface area contributed by atoms with Crippen molar-refractivity contribution in [3.8, 4) is 0 Å². The first-order valence-electron chi connectivity index (χ1n) is 12.6. The number of amides is 2. The molecule has 1 N–H and O–H groups in total. The second kappa shape index (κ2) is 13.0. The lowest BCUT2D eigenvalue weighted by Crippen LogP contribution is -2.53. The Balaban J connectivity index is 1.94. The molecule has 0 aromatic heterocycles. The van der Waals surface area contributed by atoms with E-state index in [1.54, 1.807) is 37.3 Å². The smallest absolute Gasteiger partial charge is 0.244 e. The van der Waals surface area contributed by atoms with Gasteiger partial charge in [0, 0.05) is 28.2 Å². The van der Waals surface area contributed by atoms with Crippen LogP contribution in [0.25, 0.3) is 0 Å². The van der Waals surface area contributed by atoms with Crippen molar-refractivity contribution in [2.24, 2.45) is 0 Å². The summed E-state index contributed by atoms with van der Waals surface area (Å²) in [6, 6.07) is 11.3. The zero-order valence-corrected chi connectivity index (χ0v) is 23.9. The van der Waals surface area contributed by atoms with Gasteiger partial charge in [0.25, 0.3) is 0 Å². The highest BCUT2D eigenvalue weighted by molar-refractivity contribution is 7.92. The standard InChI is InChI=1S/C27H35Cl2N3O4S/c1-4-20-11-8-9-16-25(20)32(37(3,35)36)18-26(33)31(17-22-23(28)14-10-15-24(22)29)19(2)27(34)30-21-12-6-5-7-13-21/h8-11,14-16,19,21H,4-7,12-13,17-18H2,1-3H3,(H,30,34)/t19-/m0/s1. The number of nitrogens with one attached hydrogen (secondary N) is 1. The molecule has 0 bridgehead atoms. The average molecular weight is 569 g/mol. The summed E-state index contributed by atoms with van der Waals surface area (Å²) in [5, 5.41) is 3.80. The highest BCUT2D eigenvalue weighted by atomic mass is 35.5. The molecule has 0 spiro atoms. The molecule has 0 saturated heterocycles. The van der Waals surface area contributed by atoms with Crippen molar-refractivity contribution in [2.75, 3.05) is 17.1 Å². The highest BCUT2D eigenvalue weighted by Gasteiger charge is 2.32. The monoisotopic (exact) mass is 567 g/mol. The molecule has 2 aromatic carbocycles. The predicted octanol–water partition coefficient (Wildman–Crippen LogP) is 5.19. The average Bonchev–Trinajstić information content (AvgIpc) is 2.86. The Morgan fingerprint density at radius 2 is 1.65 bits per heavy atom. The minimum absolute atomic E-state index is 0.0381. The number of nitrogens with zero attached hydrogens (tertiary/aromatic N) is 2. The van der Waals surface area contributed by atoms with Gasteiger partial charge in [-0.1, -0.05) is 73.7 Å². The Labute approximate surface area is 230 Å². The van der Waals surface area contributed by atoms with E-state index >= 15 is 0 Å². The van der Waals surface area contributed by atoms with Crippen LogP contribution in [0, 0.1) is 0 Å². The molecule has 1 aliphatic rings. The largest absolute Gasteiger partial charge is 0.352 e. The number of benzene rings is 2. The van der Waals surface area contributed by atoms with E-state index < -0.39 is 28.5 Å². The molecule has 1 saturated carbocycles. The molecule has 0 heterocycles. The van der Waals surface area contributed by atoms with Gasteiger partial charge in [-0.15, -0.1) is 0 Å². The summed E-state index contributed by atoms with van der Waals surface area (Å²) in [7, 11) is -3.80. The van der Waals surface area contributed by atoms with Gasteiger partial charge in [0.2, 0.25) is 21.8 Å². The molecule has 2 amide bonds. The summed E-state index contributed by atoms with van der Waals surface area (Å²) in [5.41, 5.74) is 1.73. The van der Waals surface area contributed by atoms with Gasteiger partial charge in [-0.2, -0.15) is 0 Å². The van der Waals surface area contributed by atoms with Crippen LogP contribution in [0.3, 0.4) is 0 Å². The lowest BCUT2D eigenvalue weighted by atomic mass is 9.95. The van der Waals surface area contributed by atoms with Gasteiger partial charge < -0.3 is 10.2 Å². The molecule has 3 rings (SSSR count). The number of aryl methyl sites for hydroxylation is 1. The maximum Gasteiger partial charge on any atom is 0.244 e. The van der Waals surface area contributed by atoms with E-state index in [0.29, 0.717) is 27.7 Å². The van der Waals surface area contributed by atoms with Crippen molar-refractivity contribution in [2.45, 2.75) is 71.0 Å². The lowest BCUT2D eigenvalue weighted by molar-refractivity contribution is -0.139. The predicted molar refractivity (Wildman–Crippen MR) is 149 cm³/mol. The van der Waals surface area contributed by atoms with Crippen molar-refractivity contribution < 1.29 is 18.0 Å². The first-order valence-corrected chi connectivity index (χ1v) is 15.2. The van der Waals surface area contributed by atoms with Crippen molar-refractivity contribution in [1.82, 2.24) is 10.2 Å². The Morgan fingerprint density at radius 1 is 1.03 bits per heavy atom. The van der Waals surface area contributed by atoms with Gasteiger partial charge in [0.05, 0.1) is 11.9 Å². The van der Waals surface area contributed by atoms with Crippen LogP contribution in [0.2, 0.25) is 10.0 Å². The maximum atomic E-state index is 13.8. The van der Waals surface area contributed by atoms with Crippen LogP contribution in [-0.2, 0) is 32.6 Å². The van der Waals surface area contributed by atoms with E-state index in [1.165, 1.54) is 4.90 Å². The fourth-order valence-corrected chi connectivity index (χ4v) is 6.05. The third kappa shape index (κ3) is 7.62. The van der Waals surface area contributed by atoms with E-state index in [9.17, 15) is 18.0 Å². The fourth-order valence-electron chi connectivity index (χ4n) is 4.65. The van der Waals surface area contributed by atoms with Crippen molar-refractivity contribution in [3.05, 3.63) is 63.6 Å². The second-order valence-corrected chi connectivity index (χ2v) is 12.2. The van der Waals surface area contributed by atoms with E-state index in [1.807, 2.05) is 19.1 Å². The molecule has 202 valence electrons. The van der Waals surface area contributed by atoms with Crippen molar-refractivity contribution in [3.63, 3.8) is 0 Å². The molecule has 1 atom stereocenters. The number of halogens is 2. The normalized spacial score (nSPS) is 15.2. The lowest BCUT2D eigenvalue weighted by Gasteiger charge is -2.33. The third-order valence-corrected chi connectivity index (χ3v) is 8.66. The Morgan fingerprint density at radius 3 is 2.24 bits per heavy atom. The molecule has 0 aliphatic heterocycles. The van der Waals surface area contributed by atoms with Gasteiger partial charge in [0.15, 0.2) is 0 Å². The molecular formula is C27H35Cl2N3O4S. The summed E-state index contributed by atoms with van der Waals surface area (Å²) in [4.78, 5) is 28.4. The number of carbonyl (C=O) groups is 2. The quantitative estimate of drug-likeness (QED) is 0.428. The topological polar surface area (TPSA) is 86.8 Å². The number of rotatable bonds is 10. The minimum atomic E-state index is -3.80. The Bertz CT molecular complexity index is 1200. The van der Waals surface area contributed by atoms with Crippen LogP contribution in [-0.4, -0.2) is 50.0 Å². The van der Waals surface area contributed by atoms with Crippen LogP contribution in [0.15, 0.2) is 42.5 Å². The molecule has 7 nitrogen and oxygen atoms in total. The zero-order valence-electron chi connectivity index (χ0n) is 21.5. The summed E-state index contributed by atoms with van der Waals surface area (Å²) < 4.78 is 26.7. The second-order valence-electron chi connectivity index (χ2n) is 9.49. The van der Waals surface area contributed by atoms with Crippen LogP contribution >= 0.6 is 23.2 Å². The first-order chi connectivity index (χ1) is 17.5. The number of hydrogen-bond donors (Lipinski definition) is 1. The number of para-hydroxylation sites is 1. The van der Waals surface area contributed by atoms with Gasteiger partial charge in [-0.3, -0.25) is 13.9 Å². The Hall–Kier alpha value is -2.29. The maximum absolute atomic E-state index is 13.8. The SMILES string of the molecule is CCc1ccccc1N(CC(=O)N(Cc1c(Cl)cccc1Cl)[C@@H](C)C(=O)NC1CCCCC1)S(C)(=O)=O.